The molecular weight excluding hydrogens is 366 g/mol. The number of aryl methyl sites for hydroxylation is 1. The lowest BCUT2D eigenvalue weighted by molar-refractivity contribution is 0.102. The van der Waals surface area contributed by atoms with Gasteiger partial charge in [0, 0.05) is 10.7 Å². The average Bonchev–Trinajstić information content (AvgIpc) is 3.10. The number of methoxy groups -OCH3 is 1. The minimum atomic E-state index is -3.03. The van der Waals surface area contributed by atoms with Gasteiger partial charge in [0.1, 0.15) is 5.75 Å². The van der Waals surface area contributed by atoms with Crippen molar-refractivity contribution in [1.82, 2.24) is 9.78 Å². The number of aromatic nitrogens is 2. The monoisotopic (exact) mass is 383 g/mol. The van der Waals surface area contributed by atoms with E-state index in [0.717, 1.165) is 5.69 Å². The first-order chi connectivity index (χ1) is 11.8. The summed E-state index contributed by atoms with van der Waals surface area (Å²) in [5, 5.41) is 7.49. The predicted octanol–water partition coefficient (Wildman–Crippen LogP) is 2.47. The van der Waals surface area contributed by atoms with Gasteiger partial charge >= 0.3 is 0 Å². The van der Waals surface area contributed by atoms with Gasteiger partial charge in [-0.05, 0) is 37.6 Å². The highest BCUT2D eigenvalue weighted by molar-refractivity contribution is 7.91. The molecule has 0 radical (unpaired) electrons. The maximum absolute atomic E-state index is 12.5. The van der Waals surface area contributed by atoms with Crippen molar-refractivity contribution in [2.45, 2.75) is 19.4 Å². The summed E-state index contributed by atoms with van der Waals surface area (Å²) < 4.78 is 30.2. The lowest BCUT2D eigenvalue weighted by Gasteiger charge is -2.11. The predicted molar refractivity (Wildman–Crippen MR) is 95.2 cm³/mol. The standard InChI is InChI=1S/C16H18ClN3O4S/c1-10-7-14(19-20(10)12-5-6-25(22,23)9-12)16(21)18-13-8-11(17)3-4-15(13)24-2/h3-4,7-8,12H,5-6,9H2,1-2H3,(H,18,21). The molecule has 0 saturated carbocycles. The Labute approximate surface area is 150 Å². The molecule has 0 bridgehead atoms. The smallest absolute Gasteiger partial charge is 0.276 e. The van der Waals surface area contributed by atoms with Crippen molar-refractivity contribution in [3.63, 3.8) is 0 Å². The fourth-order valence-corrected chi connectivity index (χ4v) is 4.76. The maximum atomic E-state index is 12.5. The number of anilines is 1. The van der Waals surface area contributed by atoms with Crippen LogP contribution >= 0.6 is 11.6 Å². The fourth-order valence-electron chi connectivity index (χ4n) is 2.90. The fraction of sp³-hybridized carbons (Fsp3) is 0.375. The number of hydrogen-bond acceptors (Lipinski definition) is 5. The molecule has 1 aromatic carbocycles. The number of nitrogens with one attached hydrogen (secondary N) is 1. The van der Waals surface area contributed by atoms with Crippen molar-refractivity contribution in [3.05, 3.63) is 40.7 Å². The molecule has 0 spiro atoms. The minimum Gasteiger partial charge on any atom is -0.495 e. The molecule has 1 aromatic heterocycles. The Balaban J connectivity index is 1.82. The SMILES string of the molecule is COc1ccc(Cl)cc1NC(=O)c1cc(C)n(C2CCS(=O)(=O)C2)n1. The van der Waals surface area contributed by atoms with E-state index in [1.807, 2.05) is 0 Å². The summed E-state index contributed by atoms with van der Waals surface area (Å²) in [6.45, 7) is 1.80. The van der Waals surface area contributed by atoms with E-state index in [1.165, 1.54) is 7.11 Å². The number of halogens is 1. The normalized spacial score (nSPS) is 18.9. The van der Waals surface area contributed by atoms with E-state index in [9.17, 15) is 13.2 Å². The number of hydrogen-bond donors (Lipinski definition) is 1. The first-order valence-electron chi connectivity index (χ1n) is 7.70. The summed E-state index contributed by atoms with van der Waals surface area (Å²) in [6.07, 6.45) is 0.508. The van der Waals surface area contributed by atoms with E-state index < -0.39 is 15.7 Å². The van der Waals surface area contributed by atoms with Crippen LogP contribution in [-0.4, -0.2) is 42.7 Å². The Hall–Kier alpha value is -2.06. The van der Waals surface area contributed by atoms with E-state index in [-0.39, 0.29) is 23.2 Å². The zero-order valence-electron chi connectivity index (χ0n) is 13.8. The molecule has 9 heteroatoms. The van der Waals surface area contributed by atoms with Crippen molar-refractivity contribution < 1.29 is 17.9 Å². The van der Waals surface area contributed by atoms with E-state index in [2.05, 4.69) is 10.4 Å². The first-order valence-corrected chi connectivity index (χ1v) is 9.90. The molecule has 1 amide bonds. The summed E-state index contributed by atoms with van der Waals surface area (Å²) >= 11 is 5.96. The van der Waals surface area contributed by atoms with Crippen LogP contribution in [0.25, 0.3) is 0 Å². The van der Waals surface area contributed by atoms with Gasteiger partial charge < -0.3 is 10.1 Å². The van der Waals surface area contributed by atoms with Crippen LogP contribution in [0, 0.1) is 6.92 Å². The number of nitrogens with zero attached hydrogens (tertiary/aromatic N) is 2. The highest BCUT2D eigenvalue weighted by Crippen LogP contribution is 2.29. The van der Waals surface area contributed by atoms with Crippen LogP contribution in [0.5, 0.6) is 5.75 Å². The molecule has 1 atom stereocenters. The van der Waals surface area contributed by atoms with Crippen LogP contribution in [0.2, 0.25) is 5.02 Å². The lowest BCUT2D eigenvalue weighted by atomic mass is 10.2. The van der Waals surface area contributed by atoms with Crippen molar-refractivity contribution in [2.24, 2.45) is 0 Å². The van der Waals surface area contributed by atoms with Crippen LogP contribution in [0.4, 0.5) is 5.69 Å². The number of carbonyl (C=O) groups excluding carboxylic acids is 1. The second-order valence-electron chi connectivity index (χ2n) is 5.97. The summed E-state index contributed by atoms with van der Waals surface area (Å²) in [5.41, 5.74) is 1.39. The van der Waals surface area contributed by atoms with Crippen molar-refractivity contribution in [1.29, 1.82) is 0 Å². The molecule has 1 saturated heterocycles. The second-order valence-corrected chi connectivity index (χ2v) is 8.64. The molecule has 1 unspecified atom stereocenters. The average molecular weight is 384 g/mol. The summed E-state index contributed by atoms with van der Waals surface area (Å²) in [4.78, 5) is 12.5. The zero-order valence-corrected chi connectivity index (χ0v) is 15.4. The van der Waals surface area contributed by atoms with Crippen LogP contribution in [0.15, 0.2) is 24.3 Å². The molecule has 2 aromatic rings. The van der Waals surface area contributed by atoms with Crippen LogP contribution in [0.3, 0.4) is 0 Å². The molecule has 1 aliphatic rings. The Morgan fingerprint density at radius 3 is 2.80 bits per heavy atom. The van der Waals surface area contributed by atoms with Crippen LogP contribution in [-0.2, 0) is 9.84 Å². The lowest BCUT2D eigenvalue weighted by Crippen LogP contribution is -2.17. The third-order valence-corrected chi connectivity index (χ3v) is 6.10. The van der Waals surface area contributed by atoms with Gasteiger partial charge in [0.05, 0.1) is 30.3 Å². The van der Waals surface area contributed by atoms with Gasteiger partial charge in [-0.3, -0.25) is 9.48 Å². The highest BCUT2D eigenvalue weighted by Gasteiger charge is 2.31. The Bertz CT molecular complexity index is 923. The number of amides is 1. The van der Waals surface area contributed by atoms with Crippen LogP contribution in [0.1, 0.15) is 28.6 Å². The molecule has 0 aliphatic carbocycles. The number of carbonyl (C=O) groups is 1. The molecule has 2 heterocycles. The van der Waals surface area contributed by atoms with E-state index in [4.69, 9.17) is 16.3 Å². The molecule has 7 nitrogen and oxygen atoms in total. The second kappa shape index (κ2) is 6.68. The van der Waals surface area contributed by atoms with Gasteiger partial charge in [-0.15, -0.1) is 0 Å². The van der Waals surface area contributed by atoms with Gasteiger partial charge in [-0.2, -0.15) is 5.10 Å². The molecule has 134 valence electrons. The highest BCUT2D eigenvalue weighted by atomic mass is 35.5. The quantitative estimate of drug-likeness (QED) is 0.875. The molecular formula is C16H18ClN3O4S. The molecule has 1 N–H and O–H groups in total. The van der Waals surface area contributed by atoms with Crippen molar-refractivity contribution in [3.8, 4) is 5.75 Å². The number of benzene rings is 1. The molecule has 1 aliphatic heterocycles. The number of rotatable bonds is 4. The van der Waals surface area contributed by atoms with Gasteiger partial charge in [0.2, 0.25) is 0 Å². The number of sulfone groups is 1. The topological polar surface area (TPSA) is 90.3 Å². The minimum absolute atomic E-state index is 0.0543. The third kappa shape index (κ3) is 3.80. The maximum Gasteiger partial charge on any atom is 0.276 e. The molecule has 25 heavy (non-hydrogen) atoms. The Kier molecular flexibility index (Phi) is 4.75. The summed E-state index contributed by atoms with van der Waals surface area (Å²) in [7, 11) is -1.53. The van der Waals surface area contributed by atoms with E-state index in [1.54, 1.807) is 35.9 Å². The van der Waals surface area contributed by atoms with Gasteiger partial charge in [0.15, 0.2) is 15.5 Å². The molecule has 3 rings (SSSR count). The van der Waals surface area contributed by atoms with Gasteiger partial charge in [0.25, 0.3) is 5.91 Å². The van der Waals surface area contributed by atoms with E-state index >= 15 is 0 Å². The first kappa shape index (κ1) is 17.8. The van der Waals surface area contributed by atoms with Crippen LogP contribution < -0.4 is 10.1 Å². The summed E-state index contributed by atoms with van der Waals surface area (Å²) in [6, 6.07) is 6.32. The van der Waals surface area contributed by atoms with Gasteiger partial charge in [-0.25, -0.2) is 8.42 Å². The Morgan fingerprint density at radius 2 is 2.16 bits per heavy atom. The largest absolute Gasteiger partial charge is 0.495 e. The number of ether oxygens (including phenoxy) is 1. The van der Waals surface area contributed by atoms with Gasteiger partial charge in [-0.1, -0.05) is 11.6 Å². The van der Waals surface area contributed by atoms with Crippen molar-refractivity contribution in [2.75, 3.05) is 23.9 Å². The Morgan fingerprint density at radius 1 is 1.40 bits per heavy atom. The zero-order chi connectivity index (χ0) is 18.2. The molecule has 1 fully saturated rings. The van der Waals surface area contributed by atoms with Crippen molar-refractivity contribution >= 4 is 33.0 Å². The van der Waals surface area contributed by atoms with E-state index in [0.29, 0.717) is 22.9 Å². The third-order valence-electron chi connectivity index (χ3n) is 4.12. The summed E-state index contributed by atoms with van der Waals surface area (Å²) in [5.74, 6) is 0.274.